The SMILES string of the molecule is Cc1cc(Br)cc2nc(C3CCN(C)CC3)oc12. The largest absolute Gasteiger partial charge is 0.440 e. The highest BCUT2D eigenvalue weighted by atomic mass is 79.9. The van der Waals surface area contributed by atoms with E-state index in [4.69, 9.17) is 4.42 Å². The van der Waals surface area contributed by atoms with Crippen LogP contribution in [0.15, 0.2) is 21.0 Å². The van der Waals surface area contributed by atoms with Gasteiger partial charge < -0.3 is 9.32 Å². The summed E-state index contributed by atoms with van der Waals surface area (Å²) in [5.74, 6) is 1.39. The van der Waals surface area contributed by atoms with E-state index < -0.39 is 0 Å². The summed E-state index contributed by atoms with van der Waals surface area (Å²) in [6, 6.07) is 4.11. The van der Waals surface area contributed by atoms with Gasteiger partial charge in [0, 0.05) is 10.4 Å². The zero-order valence-corrected chi connectivity index (χ0v) is 12.3. The van der Waals surface area contributed by atoms with Crippen LogP contribution in [0.4, 0.5) is 0 Å². The molecule has 0 unspecified atom stereocenters. The number of nitrogens with zero attached hydrogens (tertiary/aromatic N) is 2. The number of rotatable bonds is 1. The van der Waals surface area contributed by atoms with Crippen molar-refractivity contribution in [3.8, 4) is 0 Å². The second-order valence-electron chi connectivity index (χ2n) is 5.20. The molecule has 96 valence electrons. The van der Waals surface area contributed by atoms with Crippen molar-refractivity contribution in [1.82, 2.24) is 9.88 Å². The monoisotopic (exact) mass is 308 g/mol. The lowest BCUT2D eigenvalue weighted by molar-refractivity contribution is 0.239. The van der Waals surface area contributed by atoms with Gasteiger partial charge in [0.05, 0.1) is 0 Å². The Kier molecular flexibility index (Phi) is 3.16. The maximum absolute atomic E-state index is 5.98. The zero-order valence-electron chi connectivity index (χ0n) is 10.7. The Morgan fingerprint density at radius 3 is 2.78 bits per heavy atom. The first-order chi connectivity index (χ1) is 8.63. The summed E-state index contributed by atoms with van der Waals surface area (Å²) in [7, 11) is 2.17. The van der Waals surface area contributed by atoms with Crippen LogP contribution in [0.1, 0.15) is 30.2 Å². The predicted octanol–water partition coefficient (Wildman–Crippen LogP) is 3.71. The molecule has 0 amide bonds. The Morgan fingerprint density at radius 1 is 1.33 bits per heavy atom. The van der Waals surface area contributed by atoms with Crippen LogP contribution >= 0.6 is 15.9 Å². The van der Waals surface area contributed by atoms with Crippen molar-refractivity contribution in [2.45, 2.75) is 25.7 Å². The summed E-state index contributed by atoms with van der Waals surface area (Å²) in [6.45, 7) is 4.33. The van der Waals surface area contributed by atoms with E-state index in [1.807, 2.05) is 6.07 Å². The molecule has 1 aliphatic heterocycles. The lowest BCUT2D eigenvalue weighted by atomic mass is 9.97. The minimum Gasteiger partial charge on any atom is -0.440 e. The molecule has 4 heteroatoms. The standard InChI is InChI=1S/C14H17BrN2O/c1-9-7-11(15)8-12-13(9)18-14(16-12)10-3-5-17(2)6-4-10/h7-8,10H,3-6H2,1-2H3. The smallest absolute Gasteiger partial charge is 0.198 e. The third-order valence-electron chi connectivity index (χ3n) is 3.72. The number of fused-ring (bicyclic) bond motifs is 1. The molecule has 0 saturated carbocycles. The molecule has 3 rings (SSSR count). The molecule has 0 radical (unpaired) electrons. The van der Waals surface area contributed by atoms with E-state index in [9.17, 15) is 0 Å². The molecule has 1 aromatic heterocycles. The minimum absolute atomic E-state index is 0.478. The average Bonchev–Trinajstić information content (AvgIpc) is 2.74. The summed E-state index contributed by atoms with van der Waals surface area (Å²) in [4.78, 5) is 7.03. The molecule has 1 fully saturated rings. The van der Waals surface area contributed by atoms with Crippen LogP contribution in [0.2, 0.25) is 0 Å². The van der Waals surface area contributed by atoms with E-state index in [1.165, 1.54) is 0 Å². The lowest BCUT2D eigenvalue weighted by Crippen LogP contribution is -2.29. The number of hydrogen-bond acceptors (Lipinski definition) is 3. The van der Waals surface area contributed by atoms with Crippen LogP contribution in [0.25, 0.3) is 11.1 Å². The van der Waals surface area contributed by atoms with E-state index >= 15 is 0 Å². The highest BCUT2D eigenvalue weighted by molar-refractivity contribution is 9.10. The van der Waals surface area contributed by atoms with Gasteiger partial charge in [0.25, 0.3) is 0 Å². The summed E-state index contributed by atoms with van der Waals surface area (Å²) >= 11 is 3.51. The fraction of sp³-hybridized carbons (Fsp3) is 0.500. The van der Waals surface area contributed by atoms with Crippen molar-refractivity contribution in [1.29, 1.82) is 0 Å². The van der Waals surface area contributed by atoms with Crippen molar-refractivity contribution >= 4 is 27.0 Å². The van der Waals surface area contributed by atoms with Crippen molar-refractivity contribution in [3.63, 3.8) is 0 Å². The Labute approximate surface area is 115 Å². The Morgan fingerprint density at radius 2 is 2.06 bits per heavy atom. The van der Waals surface area contributed by atoms with Gasteiger partial charge in [0.15, 0.2) is 11.5 Å². The number of aromatic nitrogens is 1. The van der Waals surface area contributed by atoms with Gasteiger partial charge in [-0.1, -0.05) is 15.9 Å². The molecule has 1 aromatic carbocycles. The molecule has 1 aliphatic rings. The molecule has 18 heavy (non-hydrogen) atoms. The van der Waals surface area contributed by atoms with E-state index in [2.05, 4.69) is 45.9 Å². The molecule has 3 nitrogen and oxygen atoms in total. The van der Waals surface area contributed by atoms with Gasteiger partial charge in [-0.25, -0.2) is 4.98 Å². The van der Waals surface area contributed by atoms with Gasteiger partial charge in [-0.15, -0.1) is 0 Å². The highest BCUT2D eigenvalue weighted by Gasteiger charge is 2.23. The normalized spacial score (nSPS) is 18.6. The highest BCUT2D eigenvalue weighted by Crippen LogP contribution is 2.31. The van der Waals surface area contributed by atoms with Crippen LogP contribution in [0.5, 0.6) is 0 Å². The van der Waals surface area contributed by atoms with Crippen molar-refractivity contribution in [2.75, 3.05) is 20.1 Å². The van der Waals surface area contributed by atoms with Crippen molar-refractivity contribution in [3.05, 3.63) is 28.1 Å². The zero-order chi connectivity index (χ0) is 12.7. The maximum atomic E-state index is 5.98. The topological polar surface area (TPSA) is 29.3 Å². The molecule has 2 aromatic rings. The number of piperidine rings is 1. The minimum atomic E-state index is 0.478. The van der Waals surface area contributed by atoms with E-state index in [0.717, 1.165) is 53.0 Å². The Balaban J connectivity index is 1.96. The number of halogens is 1. The van der Waals surface area contributed by atoms with Crippen LogP contribution in [-0.4, -0.2) is 30.0 Å². The van der Waals surface area contributed by atoms with Gasteiger partial charge in [0.1, 0.15) is 5.52 Å². The van der Waals surface area contributed by atoms with Gasteiger partial charge in [-0.3, -0.25) is 0 Å². The van der Waals surface area contributed by atoms with Crippen molar-refractivity contribution < 1.29 is 4.42 Å². The lowest BCUT2D eigenvalue weighted by Gasteiger charge is -2.26. The number of benzene rings is 1. The quantitative estimate of drug-likeness (QED) is 0.804. The first kappa shape index (κ1) is 12.2. The van der Waals surface area contributed by atoms with Gasteiger partial charge in [-0.2, -0.15) is 0 Å². The fourth-order valence-electron chi connectivity index (χ4n) is 2.60. The summed E-state index contributed by atoms with van der Waals surface area (Å²) < 4.78 is 7.04. The third kappa shape index (κ3) is 2.19. The summed E-state index contributed by atoms with van der Waals surface area (Å²) in [6.07, 6.45) is 2.28. The van der Waals surface area contributed by atoms with Gasteiger partial charge in [-0.05, 0) is 57.6 Å². The average molecular weight is 309 g/mol. The summed E-state index contributed by atoms with van der Waals surface area (Å²) in [5, 5.41) is 0. The Bertz CT molecular complexity index is 570. The summed E-state index contributed by atoms with van der Waals surface area (Å²) in [5.41, 5.74) is 3.05. The third-order valence-corrected chi connectivity index (χ3v) is 4.18. The van der Waals surface area contributed by atoms with E-state index in [-0.39, 0.29) is 0 Å². The van der Waals surface area contributed by atoms with E-state index in [0.29, 0.717) is 5.92 Å². The maximum Gasteiger partial charge on any atom is 0.198 e. The fourth-order valence-corrected chi connectivity index (χ4v) is 3.16. The number of oxazole rings is 1. The van der Waals surface area contributed by atoms with Gasteiger partial charge in [0.2, 0.25) is 0 Å². The second kappa shape index (κ2) is 4.67. The molecule has 0 atom stereocenters. The van der Waals surface area contributed by atoms with Crippen LogP contribution in [0, 0.1) is 6.92 Å². The van der Waals surface area contributed by atoms with Crippen molar-refractivity contribution in [2.24, 2.45) is 0 Å². The number of likely N-dealkylation sites (tertiary alicyclic amines) is 1. The first-order valence-electron chi connectivity index (χ1n) is 6.38. The van der Waals surface area contributed by atoms with Gasteiger partial charge >= 0.3 is 0 Å². The molecule has 1 saturated heterocycles. The number of hydrogen-bond donors (Lipinski definition) is 0. The van der Waals surface area contributed by atoms with Crippen LogP contribution in [-0.2, 0) is 0 Å². The molecular weight excluding hydrogens is 292 g/mol. The molecule has 2 heterocycles. The first-order valence-corrected chi connectivity index (χ1v) is 7.18. The second-order valence-corrected chi connectivity index (χ2v) is 6.12. The molecular formula is C14H17BrN2O. The molecule has 0 N–H and O–H groups in total. The molecule has 0 aliphatic carbocycles. The van der Waals surface area contributed by atoms with E-state index in [1.54, 1.807) is 0 Å². The molecule has 0 bridgehead atoms. The number of aryl methyl sites for hydroxylation is 1. The molecule has 0 spiro atoms. The van der Waals surface area contributed by atoms with Crippen LogP contribution < -0.4 is 0 Å². The predicted molar refractivity (Wildman–Crippen MR) is 75.9 cm³/mol. The Hall–Kier alpha value is -0.870. The van der Waals surface area contributed by atoms with Crippen LogP contribution in [0.3, 0.4) is 0 Å².